The molecule has 1 aromatic carbocycles. The number of carbonyl (C=O) groups excluding carboxylic acids is 1. The first-order valence-corrected chi connectivity index (χ1v) is 4.62. The first-order valence-electron chi connectivity index (χ1n) is 4.62. The minimum Gasteiger partial charge on any atom is -0.367 e. The van der Waals surface area contributed by atoms with Crippen LogP contribution in [0.2, 0.25) is 0 Å². The monoisotopic (exact) mass is 203 g/mol. The average Bonchev–Trinajstić information content (AvgIpc) is 2.74. The summed E-state index contributed by atoms with van der Waals surface area (Å²) in [6.45, 7) is 1.67. The molecule has 0 unspecified atom stereocenters. The number of carbonyl (C=O) groups is 1. The molecule has 3 heteroatoms. The van der Waals surface area contributed by atoms with Gasteiger partial charge in [-0.05, 0) is 24.6 Å². The van der Waals surface area contributed by atoms with E-state index < -0.39 is 0 Å². The number of hydrogen-bond donors (Lipinski definition) is 1. The van der Waals surface area contributed by atoms with Gasteiger partial charge in [0, 0.05) is 23.5 Å². The van der Waals surface area contributed by atoms with Crippen molar-refractivity contribution >= 4 is 5.78 Å². The van der Waals surface area contributed by atoms with Gasteiger partial charge in [0.1, 0.15) is 5.82 Å². The van der Waals surface area contributed by atoms with Gasteiger partial charge in [0.05, 0.1) is 0 Å². The molecule has 0 aliphatic heterocycles. The highest BCUT2D eigenvalue weighted by Crippen LogP contribution is 2.13. The van der Waals surface area contributed by atoms with Crippen molar-refractivity contribution < 1.29 is 9.18 Å². The Labute approximate surface area is 86.8 Å². The number of aryl methyl sites for hydroxylation is 1. The van der Waals surface area contributed by atoms with Gasteiger partial charge in [-0.3, -0.25) is 4.79 Å². The summed E-state index contributed by atoms with van der Waals surface area (Å²) in [5.74, 6) is -0.522. The summed E-state index contributed by atoms with van der Waals surface area (Å²) in [7, 11) is 0. The van der Waals surface area contributed by atoms with E-state index in [2.05, 4.69) is 4.98 Å². The Bertz CT molecular complexity index is 488. The normalized spacial score (nSPS) is 10.3. The van der Waals surface area contributed by atoms with Crippen LogP contribution < -0.4 is 0 Å². The number of H-pyrrole nitrogens is 1. The SMILES string of the molecule is Cc1ccc(C(=O)c2cc[nH]c2)cc1F. The van der Waals surface area contributed by atoms with Gasteiger partial charge < -0.3 is 4.98 Å². The quantitative estimate of drug-likeness (QED) is 0.748. The Morgan fingerprint density at radius 3 is 2.67 bits per heavy atom. The highest BCUT2D eigenvalue weighted by atomic mass is 19.1. The third-order valence-electron chi connectivity index (χ3n) is 2.29. The minimum absolute atomic E-state index is 0.171. The van der Waals surface area contributed by atoms with Crippen molar-refractivity contribution in [3.05, 3.63) is 59.2 Å². The van der Waals surface area contributed by atoms with Gasteiger partial charge in [-0.15, -0.1) is 0 Å². The Balaban J connectivity index is 2.39. The predicted molar refractivity (Wildman–Crippen MR) is 55.4 cm³/mol. The van der Waals surface area contributed by atoms with E-state index in [0.717, 1.165) is 0 Å². The van der Waals surface area contributed by atoms with Crippen molar-refractivity contribution in [2.24, 2.45) is 0 Å². The number of aromatic amines is 1. The molecule has 1 heterocycles. The van der Waals surface area contributed by atoms with Crippen LogP contribution in [-0.4, -0.2) is 10.8 Å². The van der Waals surface area contributed by atoms with Crippen LogP contribution in [0.15, 0.2) is 36.7 Å². The summed E-state index contributed by atoms with van der Waals surface area (Å²) < 4.78 is 13.2. The lowest BCUT2D eigenvalue weighted by Gasteiger charge is -2.00. The van der Waals surface area contributed by atoms with E-state index in [-0.39, 0.29) is 11.6 Å². The van der Waals surface area contributed by atoms with Crippen molar-refractivity contribution in [3.8, 4) is 0 Å². The fourth-order valence-corrected chi connectivity index (χ4v) is 1.37. The first kappa shape index (κ1) is 9.65. The Kier molecular flexibility index (Phi) is 2.37. The summed E-state index contributed by atoms with van der Waals surface area (Å²) >= 11 is 0. The molecule has 1 aromatic heterocycles. The van der Waals surface area contributed by atoms with Gasteiger partial charge in [-0.2, -0.15) is 0 Å². The van der Waals surface area contributed by atoms with Crippen LogP contribution in [0.4, 0.5) is 4.39 Å². The molecule has 0 aliphatic carbocycles. The molecule has 0 saturated carbocycles. The van der Waals surface area contributed by atoms with Crippen LogP contribution in [0.3, 0.4) is 0 Å². The van der Waals surface area contributed by atoms with E-state index in [1.54, 1.807) is 37.5 Å². The lowest BCUT2D eigenvalue weighted by molar-refractivity contribution is 0.103. The molecule has 0 saturated heterocycles. The maximum absolute atomic E-state index is 13.2. The van der Waals surface area contributed by atoms with Gasteiger partial charge in [0.2, 0.25) is 0 Å². The van der Waals surface area contributed by atoms with E-state index in [9.17, 15) is 9.18 Å². The molecule has 0 aliphatic rings. The van der Waals surface area contributed by atoms with E-state index >= 15 is 0 Å². The largest absolute Gasteiger partial charge is 0.367 e. The number of benzene rings is 1. The second-order valence-corrected chi connectivity index (χ2v) is 3.39. The molecule has 76 valence electrons. The fourth-order valence-electron chi connectivity index (χ4n) is 1.37. The van der Waals surface area contributed by atoms with Crippen molar-refractivity contribution in [3.63, 3.8) is 0 Å². The zero-order valence-corrected chi connectivity index (χ0v) is 8.25. The highest BCUT2D eigenvalue weighted by molar-refractivity contribution is 6.08. The van der Waals surface area contributed by atoms with Crippen LogP contribution in [0.1, 0.15) is 21.5 Å². The van der Waals surface area contributed by atoms with E-state index in [0.29, 0.717) is 16.7 Å². The molecule has 0 radical (unpaired) electrons. The molecule has 0 bridgehead atoms. The maximum atomic E-state index is 13.2. The van der Waals surface area contributed by atoms with Crippen molar-refractivity contribution in [1.29, 1.82) is 0 Å². The maximum Gasteiger partial charge on any atom is 0.194 e. The molecule has 15 heavy (non-hydrogen) atoms. The van der Waals surface area contributed by atoms with E-state index in [1.165, 1.54) is 6.07 Å². The van der Waals surface area contributed by atoms with Crippen LogP contribution in [0.25, 0.3) is 0 Å². The van der Waals surface area contributed by atoms with Gasteiger partial charge in [0.15, 0.2) is 5.78 Å². The van der Waals surface area contributed by atoms with Crippen molar-refractivity contribution in [2.75, 3.05) is 0 Å². The van der Waals surface area contributed by atoms with E-state index in [1.807, 2.05) is 0 Å². The molecule has 2 nitrogen and oxygen atoms in total. The lowest BCUT2D eigenvalue weighted by Crippen LogP contribution is -2.00. The third-order valence-corrected chi connectivity index (χ3v) is 2.29. The summed E-state index contributed by atoms with van der Waals surface area (Å²) in [6, 6.07) is 6.17. The Morgan fingerprint density at radius 1 is 1.27 bits per heavy atom. The number of halogens is 1. The van der Waals surface area contributed by atoms with Gasteiger partial charge in [0.25, 0.3) is 0 Å². The van der Waals surface area contributed by atoms with Crippen LogP contribution in [-0.2, 0) is 0 Å². The second kappa shape index (κ2) is 3.69. The molecular formula is C12H10FNO. The first-order chi connectivity index (χ1) is 7.18. The minimum atomic E-state index is -0.351. The number of nitrogens with one attached hydrogen (secondary N) is 1. The Morgan fingerprint density at radius 2 is 2.07 bits per heavy atom. The Hall–Kier alpha value is -1.90. The topological polar surface area (TPSA) is 32.9 Å². The predicted octanol–water partition coefficient (Wildman–Crippen LogP) is 2.69. The molecule has 0 spiro atoms. The number of rotatable bonds is 2. The van der Waals surface area contributed by atoms with Crippen molar-refractivity contribution in [1.82, 2.24) is 4.98 Å². The molecule has 0 atom stereocenters. The standard InChI is InChI=1S/C12H10FNO/c1-8-2-3-9(6-11(8)13)12(15)10-4-5-14-7-10/h2-7,14H,1H3. The molecule has 0 amide bonds. The van der Waals surface area contributed by atoms with Crippen LogP contribution in [0.5, 0.6) is 0 Å². The highest BCUT2D eigenvalue weighted by Gasteiger charge is 2.10. The summed E-state index contributed by atoms with van der Waals surface area (Å²) in [5, 5.41) is 0. The summed E-state index contributed by atoms with van der Waals surface area (Å²) in [6.07, 6.45) is 3.26. The van der Waals surface area contributed by atoms with Crippen LogP contribution >= 0.6 is 0 Å². The molecule has 2 rings (SSSR count). The molecule has 1 N–H and O–H groups in total. The zero-order valence-electron chi connectivity index (χ0n) is 8.25. The summed E-state index contributed by atoms with van der Waals surface area (Å²) in [4.78, 5) is 14.6. The van der Waals surface area contributed by atoms with Gasteiger partial charge in [-0.25, -0.2) is 4.39 Å². The number of ketones is 1. The second-order valence-electron chi connectivity index (χ2n) is 3.39. The molecule has 2 aromatic rings. The van der Waals surface area contributed by atoms with Gasteiger partial charge >= 0.3 is 0 Å². The molecule has 0 fully saturated rings. The zero-order chi connectivity index (χ0) is 10.8. The lowest BCUT2D eigenvalue weighted by atomic mass is 10.0. The summed E-state index contributed by atoms with van der Waals surface area (Å²) in [5.41, 5.74) is 1.46. The van der Waals surface area contributed by atoms with Crippen LogP contribution in [0, 0.1) is 12.7 Å². The smallest absolute Gasteiger partial charge is 0.194 e. The third kappa shape index (κ3) is 1.81. The molecular weight excluding hydrogens is 193 g/mol. The van der Waals surface area contributed by atoms with E-state index in [4.69, 9.17) is 0 Å². The van der Waals surface area contributed by atoms with Gasteiger partial charge in [-0.1, -0.05) is 12.1 Å². The fraction of sp³-hybridized carbons (Fsp3) is 0.0833. The van der Waals surface area contributed by atoms with Crippen molar-refractivity contribution in [2.45, 2.75) is 6.92 Å². The number of hydrogen-bond acceptors (Lipinski definition) is 1. The number of aromatic nitrogens is 1. The average molecular weight is 203 g/mol.